The number of rotatable bonds is 9. The molecule has 0 aromatic carbocycles. The number of likely N-dealkylation sites (N-methyl/N-ethyl adjacent to an activating group) is 1. The van der Waals surface area contributed by atoms with Gasteiger partial charge in [-0.15, -0.1) is 24.0 Å². The lowest BCUT2D eigenvalue weighted by Gasteiger charge is -2.35. The van der Waals surface area contributed by atoms with Crippen LogP contribution in [0.15, 0.2) is 4.99 Å². The molecule has 1 saturated heterocycles. The van der Waals surface area contributed by atoms with Gasteiger partial charge in [-0.25, -0.2) is 0 Å². The number of nitrogens with one attached hydrogen (secondary N) is 2. The first kappa shape index (κ1) is 25.4. The van der Waals surface area contributed by atoms with Crippen molar-refractivity contribution in [1.82, 2.24) is 25.3 Å². The molecule has 0 radical (unpaired) electrons. The number of carbonyl (C=O) groups is 1. The van der Waals surface area contributed by atoms with Crippen molar-refractivity contribution in [2.75, 3.05) is 66.0 Å². The monoisotopic (exact) mass is 482 g/mol. The Hall–Kier alpha value is -0.610. The van der Waals surface area contributed by atoms with E-state index in [1.165, 1.54) is 0 Å². The Balaban J connectivity index is 0.00000625. The molecule has 1 amide bonds. The molecule has 1 atom stereocenters. The molecule has 1 unspecified atom stereocenters. The molecular formula is C18H39IN6O. The SMILES string of the molecule is CCNC(=NCC(C)N1CCN(C)CC1)NCCC(=O)N(CC)CC.I. The highest BCUT2D eigenvalue weighted by Crippen LogP contribution is 2.05. The van der Waals surface area contributed by atoms with Crippen LogP contribution < -0.4 is 10.6 Å². The van der Waals surface area contributed by atoms with Gasteiger partial charge in [0.05, 0.1) is 6.54 Å². The van der Waals surface area contributed by atoms with Crippen molar-refractivity contribution >= 4 is 35.8 Å². The fourth-order valence-corrected chi connectivity index (χ4v) is 2.97. The zero-order chi connectivity index (χ0) is 18.7. The van der Waals surface area contributed by atoms with Gasteiger partial charge in [0.25, 0.3) is 0 Å². The van der Waals surface area contributed by atoms with Crippen LogP contribution in [0.2, 0.25) is 0 Å². The Morgan fingerprint density at radius 2 is 1.73 bits per heavy atom. The highest BCUT2D eigenvalue weighted by Gasteiger charge is 2.18. The first-order valence-corrected chi connectivity index (χ1v) is 9.74. The molecule has 0 spiro atoms. The largest absolute Gasteiger partial charge is 0.357 e. The van der Waals surface area contributed by atoms with Crippen LogP contribution in [-0.2, 0) is 4.79 Å². The van der Waals surface area contributed by atoms with Gasteiger partial charge in [0.2, 0.25) is 5.91 Å². The van der Waals surface area contributed by atoms with Crippen LogP contribution in [0.4, 0.5) is 0 Å². The second-order valence-electron chi connectivity index (χ2n) is 6.65. The second-order valence-corrected chi connectivity index (χ2v) is 6.65. The number of aliphatic imine (C=N–C) groups is 1. The Morgan fingerprint density at radius 3 is 2.27 bits per heavy atom. The van der Waals surface area contributed by atoms with Crippen molar-refractivity contribution in [2.45, 2.75) is 40.2 Å². The predicted octanol–water partition coefficient (Wildman–Crippen LogP) is 1.05. The van der Waals surface area contributed by atoms with Crippen molar-refractivity contribution in [1.29, 1.82) is 0 Å². The molecule has 1 fully saturated rings. The number of guanidine groups is 1. The highest BCUT2D eigenvalue weighted by atomic mass is 127. The molecule has 0 aliphatic carbocycles. The number of nitrogens with zero attached hydrogens (tertiary/aromatic N) is 4. The van der Waals surface area contributed by atoms with E-state index in [0.717, 1.165) is 58.3 Å². The van der Waals surface area contributed by atoms with Crippen LogP contribution in [0, 0.1) is 0 Å². The highest BCUT2D eigenvalue weighted by molar-refractivity contribution is 14.0. The summed E-state index contributed by atoms with van der Waals surface area (Å²) in [5.41, 5.74) is 0. The minimum Gasteiger partial charge on any atom is -0.357 e. The van der Waals surface area contributed by atoms with Crippen LogP contribution in [0.1, 0.15) is 34.1 Å². The quantitative estimate of drug-likeness (QED) is 0.292. The number of piperazine rings is 1. The molecule has 1 rings (SSSR count). The maximum Gasteiger partial charge on any atom is 0.224 e. The standard InChI is InChI=1S/C18H38N6O.HI/c1-6-19-18(20-10-9-17(25)23(7-2)8-3)21-15-16(4)24-13-11-22(5)12-14-24;/h16H,6-15H2,1-5H3,(H2,19,20,21);1H. The number of amides is 1. The van der Waals surface area contributed by atoms with E-state index in [1.807, 2.05) is 18.7 Å². The minimum atomic E-state index is 0. The van der Waals surface area contributed by atoms with Crippen molar-refractivity contribution in [2.24, 2.45) is 4.99 Å². The van der Waals surface area contributed by atoms with E-state index >= 15 is 0 Å². The maximum atomic E-state index is 12.1. The molecule has 2 N–H and O–H groups in total. The molecule has 8 heteroatoms. The maximum absolute atomic E-state index is 12.1. The lowest BCUT2D eigenvalue weighted by molar-refractivity contribution is -0.130. The average molecular weight is 482 g/mol. The van der Waals surface area contributed by atoms with Crippen molar-refractivity contribution in [3.05, 3.63) is 0 Å². The Bertz CT molecular complexity index is 408. The third kappa shape index (κ3) is 9.36. The zero-order valence-electron chi connectivity index (χ0n) is 17.3. The van der Waals surface area contributed by atoms with Gasteiger partial charge < -0.3 is 20.4 Å². The average Bonchev–Trinajstić information content (AvgIpc) is 2.61. The van der Waals surface area contributed by atoms with E-state index in [2.05, 4.69) is 41.3 Å². The van der Waals surface area contributed by atoms with Crippen LogP contribution in [0.3, 0.4) is 0 Å². The van der Waals surface area contributed by atoms with E-state index in [9.17, 15) is 4.79 Å². The normalized spacial score (nSPS) is 17.3. The number of carbonyl (C=O) groups excluding carboxylic acids is 1. The molecule has 1 heterocycles. The van der Waals surface area contributed by atoms with E-state index in [-0.39, 0.29) is 29.9 Å². The summed E-state index contributed by atoms with van der Waals surface area (Å²) < 4.78 is 0. The molecule has 7 nitrogen and oxygen atoms in total. The van der Waals surface area contributed by atoms with Crippen LogP contribution >= 0.6 is 24.0 Å². The molecule has 0 bridgehead atoms. The summed E-state index contributed by atoms with van der Waals surface area (Å²) in [7, 11) is 2.17. The van der Waals surface area contributed by atoms with E-state index in [1.54, 1.807) is 0 Å². The summed E-state index contributed by atoms with van der Waals surface area (Å²) in [4.78, 5) is 23.5. The van der Waals surface area contributed by atoms with Crippen LogP contribution in [-0.4, -0.2) is 98.6 Å². The summed E-state index contributed by atoms with van der Waals surface area (Å²) >= 11 is 0. The van der Waals surface area contributed by atoms with Gasteiger partial charge in [-0.2, -0.15) is 0 Å². The molecule has 1 aliphatic heterocycles. The molecular weight excluding hydrogens is 443 g/mol. The lowest BCUT2D eigenvalue weighted by atomic mass is 10.2. The van der Waals surface area contributed by atoms with E-state index in [0.29, 0.717) is 19.0 Å². The fourth-order valence-electron chi connectivity index (χ4n) is 2.97. The van der Waals surface area contributed by atoms with Gasteiger partial charge in [-0.1, -0.05) is 0 Å². The third-order valence-electron chi connectivity index (χ3n) is 4.77. The number of hydrogen-bond donors (Lipinski definition) is 2. The third-order valence-corrected chi connectivity index (χ3v) is 4.77. The first-order valence-electron chi connectivity index (χ1n) is 9.74. The van der Waals surface area contributed by atoms with Gasteiger partial charge >= 0.3 is 0 Å². The summed E-state index contributed by atoms with van der Waals surface area (Å²) in [6.45, 7) is 16.5. The number of hydrogen-bond acceptors (Lipinski definition) is 4. The smallest absolute Gasteiger partial charge is 0.224 e. The van der Waals surface area contributed by atoms with Gasteiger partial charge in [-0.05, 0) is 34.7 Å². The molecule has 154 valence electrons. The Morgan fingerprint density at radius 1 is 1.12 bits per heavy atom. The molecule has 26 heavy (non-hydrogen) atoms. The molecule has 0 saturated carbocycles. The van der Waals surface area contributed by atoms with Gasteiger partial charge in [-0.3, -0.25) is 14.7 Å². The second kappa shape index (κ2) is 14.4. The summed E-state index contributed by atoms with van der Waals surface area (Å²) in [6.07, 6.45) is 0.500. The Labute approximate surface area is 177 Å². The van der Waals surface area contributed by atoms with Crippen molar-refractivity contribution in [3.63, 3.8) is 0 Å². The fraction of sp³-hybridized carbons (Fsp3) is 0.889. The Kier molecular flexibility index (Phi) is 14.1. The topological polar surface area (TPSA) is 63.2 Å². The predicted molar refractivity (Wildman–Crippen MR) is 120 cm³/mol. The first-order chi connectivity index (χ1) is 12.0. The summed E-state index contributed by atoms with van der Waals surface area (Å²) in [5.74, 6) is 0.995. The van der Waals surface area contributed by atoms with Crippen LogP contribution in [0.25, 0.3) is 0 Å². The van der Waals surface area contributed by atoms with E-state index < -0.39 is 0 Å². The summed E-state index contributed by atoms with van der Waals surface area (Å²) in [6, 6.07) is 0.432. The molecule has 0 aromatic heterocycles. The minimum absolute atomic E-state index is 0. The van der Waals surface area contributed by atoms with Crippen molar-refractivity contribution < 1.29 is 4.79 Å². The van der Waals surface area contributed by atoms with Gasteiger partial charge in [0.1, 0.15) is 0 Å². The lowest BCUT2D eigenvalue weighted by Crippen LogP contribution is -2.49. The van der Waals surface area contributed by atoms with Crippen molar-refractivity contribution in [3.8, 4) is 0 Å². The van der Waals surface area contributed by atoms with E-state index in [4.69, 9.17) is 4.99 Å². The zero-order valence-corrected chi connectivity index (χ0v) is 19.6. The van der Waals surface area contributed by atoms with Crippen LogP contribution in [0.5, 0.6) is 0 Å². The molecule has 1 aliphatic rings. The van der Waals surface area contributed by atoms with Gasteiger partial charge in [0, 0.05) is 64.8 Å². The number of halogens is 1. The van der Waals surface area contributed by atoms with Gasteiger partial charge in [0.15, 0.2) is 5.96 Å². The molecule has 0 aromatic rings. The summed E-state index contributed by atoms with van der Waals surface area (Å²) in [5, 5.41) is 6.55.